The van der Waals surface area contributed by atoms with Crippen molar-refractivity contribution < 1.29 is 0 Å². The summed E-state index contributed by atoms with van der Waals surface area (Å²) in [6, 6.07) is 10.3. The summed E-state index contributed by atoms with van der Waals surface area (Å²) < 4.78 is 0. The molecule has 0 aliphatic carbocycles. The average molecular weight is 230 g/mol. The molecule has 0 aromatic heterocycles. The van der Waals surface area contributed by atoms with Crippen molar-refractivity contribution in [3.05, 3.63) is 29.8 Å². The maximum Gasteiger partial charge on any atom is 0.0373 e. The Morgan fingerprint density at radius 1 is 1.24 bits per heavy atom. The topological polar surface area (TPSA) is 15.3 Å². The molecule has 1 saturated heterocycles. The van der Waals surface area contributed by atoms with Crippen LogP contribution in [-0.2, 0) is 6.42 Å². The number of para-hydroxylation sites is 1. The average Bonchev–Trinajstić information content (AvgIpc) is 2.66. The molecule has 2 atom stereocenters. The maximum atomic E-state index is 3.63. The zero-order chi connectivity index (χ0) is 11.7. The van der Waals surface area contributed by atoms with Gasteiger partial charge in [-0.1, -0.05) is 18.2 Å². The summed E-state index contributed by atoms with van der Waals surface area (Å²) in [6.07, 6.45) is 5.28. The van der Waals surface area contributed by atoms with Crippen LogP contribution < -0.4 is 5.32 Å². The van der Waals surface area contributed by atoms with E-state index in [0.29, 0.717) is 0 Å². The Labute approximate surface area is 104 Å². The van der Waals surface area contributed by atoms with Crippen molar-refractivity contribution >= 4 is 5.69 Å². The normalized spacial score (nSPS) is 29.5. The molecule has 1 aromatic rings. The Kier molecular flexibility index (Phi) is 3.06. The number of hydrogen-bond acceptors (Lipinski definition) is 2. The number of likely N-dealkylation sites (tertiary alicyclic amines) is 1. The number of aryl methyl sites for hydroxylation is 1. The lowest BCUT2D eigenvalue weighted by atomic mass is 10.0. The lowest BCUT2D eigenvalue weighted by Crippen LogP contribution is -2.41. The van der Waals surface area contributed by atoms with Gasteiger partial charge in [0, 0.05) is 24.3 Å². The standard InChI is InChI=1S/C15H22N2/c1-12-5-4-10-17(12)14-9-8-13-6-2-3-7-15(13)16-11-14/h2-3,6-7,12,14,16H,4-5,8-11H2,1H3. The zero-order valence-corrected chi connectivity index (χ0v) is 10.7. The van der Waals surface area contributed by atoms with Gasteiger partial charge < -0.3 is 5.32 Å². The number of nitrogens with one attached hydrogen (secondary N) is 1. The Morgan fingerprint density at radius 3 is 2.94 bits per heavy atom. The first-order valence-electron chi connectivity index (χ1n) is 6.92. The van der Waals surface area contributed by atoms with Gasteiger partial charge in [0.1, 0.15) is 0 Å². The lowest BCUT2D eigenvalue weighted by molar-refractivity contribution is 0.190. The number of nitrogens with zero attached hydrogens (tertiary/aromatic N) is 1. The van der Waals surface area contributed by atoms with Crippen LogP contribution in [-0.4, -0.2) is 30.1 Å². The molecule has 2 nitrogen and oxygen atoms in total. The van der Waals surface area contributed by atoms with Crippen molar-refractivity contribution in [2.75, 3.05) is 18.4 Å². The Bertz CT molecular complexity index is 361. The van der Waals surface area contributed by atoms with E-state index in [0.717, 1.165) is 18.6 Å². The van der Waals surface area contributed by atoms with Gasteiger partial charge in [-0.05, 0) is 50.8 Å². The largest absolute Gasteiger partial charge is 0.383 e. The van der Waals surface area contributed by atoms with Crippen molar-refractivity contribution in [2.24, 2.45) is 0 Å². The summed E-state index contributed by atoms with van der Waals surface area (Å²) in [5.74, 6) is 0. The SMILES string of the molecule is CC1CCCN1C1CCc2ccccc2NC1. The molecule has 0 radical (unpaired) electrons. The van der Waals surface area contributed by atoms with E-state index in [-0.39, 0.29) is 0 Å². The highest BCUT2D eigenvalue weighted by atomic mass is 15.2. The summed E-state index contributed by atoms with van der Waals surface area (Å²) in [5.41, 5.74) is 2.84. The summed E-state index contributed by atoms with van der Waals surface area (Å²) >= 11 is 0. The van der Waals surface area contributed by atoms with Gasteiger partial charge in [-0.2, -0.15) is 0 Å². The Hall–Kier alpha value is -1.02. The molecule has 3 rings (SSSR count). The van der Waals surface area contributed by atoms with Gasteiger partial charge in [0.05, 0.1) is 0 Å². The minimum atomic E-state index is 0.722. The van der Waals surface area contributed by atoms with E-state index in [4.69, 9.17) is 0 Å². The fraction of sp³-hybridized carbons (Fsp3) is 0.600. The predicted octanol–water partition coefficient (Wildman–Crippen LogP) is 2.90. The summed E-state index contributed by atoms with van der Waals surface area (Å²) in [4.78, 5) is 2.71. The van der Waals surface area contributed by atoms with Crippen LogP contribution in [0.4, 0.5) is 5.69 Å². The molecule has 1 fully saturated rings. The number of fused-ring (bicyclic) bond motifs is 1. The minimum absolute atomic E-state index is 0.722. The first kappa shape index (κ1) is 11.1. The van der Waals surface area contributed by atoms with E-state index in [1.807, 2.05) is 0 Å². The molecule has 1 N–H and O–H groups in total. The summed E-state index contributed by atoms with van der Waals surface area (Å²) in [5, 5.41) is 3.63. The highest BCUT2D eigenvalue weighted by molar-refractivity contribution is 5.52. The second-order valence-corrected chi connectivity index (χ2v) is 5.46. The van der Waals surface area contributed by atoms with E-state index in [2.05, 4.69) is 41.4 Å². The minimum Gasteiger partial charge on any atom is -0.383 e. The van der Waals surface area contributed by atoms with Crippen LogP contribution in [0.5, 0.6) is 0 Å². The molecule has 2 aliphatic rings. The molecule has 17 heavy (non-hydrogen) atoms. The van der Waals surface area contributed by atoms with Gasteiger partial charge in [-0.25, -0.2) is 0 Å². The van der Waals surface area contributed by atoms with E-state index in [1.165, 1.54) is 43.5 Å². The molecule has 2 heterocycles. The molecule has 0 saturated carbocycles. The maximum absolute atomic E-state index is 3.63. The third-order valence-electron chi connectivity index (χ3n) is 4.37. The van der Waals surface area contributed by atoms with Gasteiger partial charge in [-0.3, -0.25) is 4.90 Å². The number of rotatable bonds is 1. The highest BCUT2D eigenvalue weighted by Gasteiger charge is 2.28. The third-order valence-corrected chi connectivity index (χ3v) is 4.37. The number of benzene rings is 1. The Morgan fingerprint density at radius 2 is 2.12 bits per heavy atom. The van der Waals surface area contributed by atoms with Crippen LogP contribution in [0.15, 0.2) is 24.3 Å². The molecular formula is C15H22N2. The first-order chi connectivity index (χ1) is 8.34. The van der Waals surface area contributed by atoms with Crippen molar-refractivity contribution in [3.8, 4) is 0 Å². The second-order valence-electron chi connectivity index (χ2n) is 5.46. The van der Waals surface area contributed by atoms with Crippen LogP contribution in [0, 0.1) is 0 Å². The number of hydrogen-bond donors (Lipinski definition) is 1. The van der Waals surface area contributed by atoms with Crippen LogP contribution in [0.1, 0.15) is 31.7 Å². The molecule has 92 valence electrons. The molecule has 2 aliphatic heterocycles. The highest BCUT2D eigenvalue weighted by Crippen LogP contribution is 2.27. The third kappa shape index (κ3) is 2.19. The smallest absolute Gasteiger partial charge is 0.0373 e. The van der Waals surface area contributed by atoms with Crippen LogP contribution in [0.2, 0.25) is 0 Å². The van der Waals surface area contributed by atoms with Crippen molar-refractivity contribution in [2.45, 2.75) is 44.7 Å². The van der Waals surface area contributed by atoms with Crippen LogP contribution >= 0.6 is 0 Å². The predicted molar refractivity (Wildman–Crippen MR) is 72.4 cm³/mol. The fourth-order valence-corrected chi connectivity index (χ4v) is 3.34. The van der Waals surface area contributed by atoms with Crippen molar-refractivity contribution in [1.82, 2.24) is 4.90 Å². The first-order valence-corrected chi connectivity index (χ1v) is 6.92. The quantitative estimate of drug-likeness (QED) is 0.798. The monoisotopic (exact) mass is 230 g/mol. The van der Waals surface area contributed by atoms with E-state index < -0.39 is 0 Å². The molecule has 0 bridgehead atoms. The molecule has 2 unspecified atom stereocenters. The van der Waals surface area contributed by atoms with Gasteiger partial charge in [0.2, 0.25) is 0 Å². The van der Waals surface area contributed by atoms with Crippen LogP contribution in [0.25, 0.3) is 0 Å². The zero-order valence-electron chi connectivity index (χ0n) is 10.7. The molecule has 0 spiro atoms. The van der Waals surface area contributed by atoms with E-state index in [9.17, 15) is 0 Å². The lowest BCUT2D eigenvalue weighted by Gasteiger charge is -2.30. The molecule has 0 amide bonds. The van der Waals surface area contributed by atoms with Crippen LogP contribution in [0.3, 0.4) is 0 Å². The second kappa shape index (κ2) is 4.69. The van der Waals surface area contributed by atoms with E-state index in [1.54, 1.807) is 0 Å². The number of anilines is 1. The van der Waals surface area contributed by atoms with Gasteiger partial charge in [-0.15, -0.1) is 0 Å². The van der Waals surface area contributed by atoms with Crippen molar-refractivity contribution in [3.63, 3.8) is 0 Å². The van der Waals surface area contributed by atoms with Gasteiger partial charge in [0.15, 0.2) is 0 Å². The molecule has 1 aromatic carbocycles. The molecule has 2 heteroatoms. The summed E-state index contributed by atoms with van der Waals surface area (Å²) in [7, 11) is 0. The van der Waals surface area contributed by atoms with Gasteiger partial charge in [0.25, 0.3) is 0 Å². The Balaban J connectivity index is 1.72. The van der Waals surface area contributed by atoms with Gasteiger partial charge >= 0.3 is 0 Å². The summed E-state index contributed by atoms with van der Waals surface area (Å²) in [6.45, 7) is 4.79. The fourth-order valence-electron chi connectivity index (χ4n) is 3.34. The molecular weight excluding hydrogens is 208 g/mol. The van der Waals surface area contributed by atoms with Crippen molar-refractivity contribution in [1.29, 1.82) is 0 Å². The van der Waals surface area contributed by atoms with E-state index >= 15 is 0 Å².